The molecule has 3 N–H and O–H groups in total. The molecule has 0 radical (unpaired) electrons. The van der Waals surface area contributed by atoms with E-state index in [4.69, 9.17) is 15.7 Å². The van der Waals surface area contributed by atoms with Gasteiger partial charge in [-0.3, -0.25) is 14.8 Å². The third-order valence-corrected chi connectivity index (χ3v) is 8.25. The van der Waals surface area contributed by atoms with Crippen LogP contribution in [0.1, 0.15) is 36.8 Å². The Morgan fingerprint density at radius 2 is 1.92 bits per heavy atom. The molecule has 0 atom stereocenters. The standard InChI is InChI=1S/C28H33N7O2S/c1-17-31-15-26(38-17)25-13-19-5-4-6-21(22(19)14-32-25)27(29)23-16-35(28(37)30-3)12-9-24(23)33-20-7-10-34(11-8-20)18(2)36/h4-6,13-15,20H,7-12,16,29H2,1-3H3,(H,30,37). The lowest BCUT2D eigenvalue weighted by molar-refractivity contribution is -0.129. The topological polar surface area (TPSA) is 117 Å². The summed E-state index contributed by atoms with van der Waals surface area (Å²) in [5, 5.41) is 5.72. The van der Waals surface area contributed by atoms with Crippen molar-refractivity contribution in [1.82, 2.24) is 25.1 Å². The van der Waals surface area contributed by atoms with Crippen molar-refractivity contribution in [3.8, 4) is 10.6 Å². The zero-order valence-corrected chi connectivity index (χ0v) is 22.8. The number of piperidine rings is 2. The maximum absolute atomic E-state index is 12.5. The van der Waals surface area contributed by atoms with Crippen LogP contribution in [0.2, 0.25) is 0 Å². The fraction of sp³-hybridized carbons (Fsp3) is 0.393. The Morgan fingerprint density at radius 1 is 1.13 bits per heavy atom. The number of urea groups is 1. The number of carbonyl (C=O) groups excluding carboxylic acids is 2. The number of amides is 3. The molecule has 198 valence electrons. The summed E-state index contributed by atoms with van der Waals surface area (Å²) in [6.45, 7) is 5.99. The Labute approximate surface area is 226 Å². The van der Waals surface area contributed by atoms with E-state index in [-0.39, 0.29) is 18.0 Å². The van der Waals surface area contributed by atoms with Crippen molar-refractivity contribution in [3.63, 3.8) is 0 Å². The third kappa shape index (κ3) is 5.26. The number of carbonyl (C=O) groups is 2. The fourth-order valence-corrected chi connectivity index (χ4v) is 5.93. The van der Waals surface area contributed by atoms with Gasteiger partial charge >= 0.3 is 6.03 Å². The minimum absolute atomic E-state index is 0.109. The minimum atomic E-state index is -0.131. The summed E-state index contributed by atoms with van der Waals surface area (Å²) >= 11 is 1.62. The zero-order valence-electron chi connectivity index (χ0n) is 22.0. The van der Waals surface area contributed by atoms with Crippen molar-refractivity contribution < 1.29 is 9.59 Å². The van der Waals surface area contributed by atoms with Gasteiger partial charge in [-0.1, -0.05) is 18.2 Å². The van der Waals surface area contributed by atoms with Crippen LogP contribution >= 0.6 is 11.3 Å². The van der Waals surface area contributed by atoms with Crippen molar-refractivity contribution in [2.75, 3.05) is 33.2 Å². The third-order valence-electron chi connectivity index (χ3n) is 7.32. The number of nitrogens with one attached hydrogen (secondary N) is 1. The van der Waals surface area contributed by atoms with Gasteiger partial charge in [-0.25, -0.2) is 9.78 Å². The fourth-order valence-electron chi connectivity index (χ4n) is 5.18. The Bertz CT molecular complexity index is 1440. The molecule has 3 amide bonds. The van der Waals surface area contributed by atoms with Crippen molar-refractivity contribution >= 4 is 45.5 Å². The van der Waals surface area contributed by atoms with Gasteiger partial charge in [-0.05, 0) is 31.2 Å². The van der Waals surface area contributed by atoms with Gasteiger partial charge < -0.3 is 20.9 Å². The maximum Gasteiger partial charge on any atom is 0.317 e. The Kier molecular flexibility index (Phi) is 7.42. The van der Waals surface area contributed by atoms with Crippen LogP contribution in [-0.4, -0.2) is 76.7 Å². The van der Waals surface area contributed by atoms with E-state index in [1.165, 1.54) is 0 Å². The molecule has 2 fully saturated rings. The molecule has 9 nitrogen and oxygen atoms in total. The normalized spacial score (nSPS) is 19.2. The second-order valence-corrected chi connectivity index (χ2v) is 11.0. The van der Waals surface area contributed by atoms with Gasteiger partial charge in [0, 0.05) is 80.4 Å². The first-order valence-corrected chi connectivity index (χ1v) is 13.8. The predicted molar refractivity (Wildman–Crippen MR) is 152 cm³/mol. The van der Waals surface area contributed by atoms with E-state index in [9.17, 15) is 9.59 Å². The molecule has 0 bridgehead atoms. The number of fused-ring (bicyclic) bond motifs is 1. The molecule has 4 heterocycles. The molecule has 0 unspecified atom stereocenters. The largest absolute Gasteiger partial charge is 0.398 e. The minimum Gasteiger partial charge on any atom is -0.398 e. The molecule has 0 aliphatic carbocycles. The number of aliphatic imine (C=N–C) groups is 1. The first-order valence-electron chi connectivity index (χ1n) is 12.9. The van der Waals surface area contributed by atoms with Crippen LogP contribution in [0.4, 0.5) is 4.79 Å². The van der Waals surface area contributed by atoms with E-state index in [1.807, 2.05) is 36.4 Å². The lowest BCUT2D eigenvalue weighted by Gasteiger charge is -2.33. The van der Waals surface area contributed by atoms with E-state index >= 15 is 0 Å². The lowest BCUT2D eigenvalue weighted by atomic mass is 9.93. The highest BCUT2D eigenvalue weighted by atomic mass is 32.1. The summed E-state index contributed by atoms with van der Waals surface area (Å²) in [4.78, 5) is 43.2. The number of rotatable bonds is 3. The number of aromatic nitrogens is 2. The van der Waals surface area contributed by atoms with Crippen LogP contribution in [0.15, 0.2) is 47.2 Å². The Morgan fingerprint density at radius 3 is 2.61 bits per heavy atom. The zero-order chi connectivity index (χ0) is 26.8. The molecule has 1 aromatic carbocycles. The van der Waals surface area contributed by atoms with Gasteiger partial charge in [-0.2, -0.15) is 0 Å². The summed E-state index contributed by atoms with van der Waals surface area (Å²) in [6, 6.07) is 8.14. The number of thiazole rings is 1. The monoisotopic (exact) mass is 531 g/mol. The summed E-state index contributed by atoms with van der Waals surface area (Å²) in [5.74, 6) is 0.109. The summed E-state index contributed by atoms with van der Waals surface area (Å²) in [5.41, 5.74) is 11.1. The molecule has 0 saturated carbocycles. The van der Waals surface area contributed by atoms with Gasteiger partial charge in [0.15, 0.2) is 0 Å². The second kappa shape index (κ2) is 10.9. The number of pyridine rings is 1. The highest BCUT2D eigenvalue weighted by Crippen LogP contribution is 2.31. The predicted octanol–water partition coefficient (Wildman–Crippen LogP) is 3.83. The number of benzene rings is 1. The molecule has 5 rings (SSSR count). The molecular weight excluding hydrogens is 498 g/mol. The van der Waals surface area contributed by atoms with E-state index in [0.717, 1.165) is 56.0 Å². The molecule has 2 aromatic heterocycles. The summed E-state index contributed by atoms with van der Waals surface area (Å²) in [7, 11) is 1.64. The van der Waals surface area contributed by atoms with Crippen molar-refractivity contribution in [1.29, 1.82) is 0 Å². The van der Waals surface area contributed by atoms with Gasteiger partial charge in [0.25, 0.3) is 0 Å². The van der Waals surface area contributed by atoms with Crippen LogP contribution in [0, 0.1) is 6.92 Å². The van der Waals surface area contributed by atoms with E-state index in [0.29, 0.717) is 38.3 Å². The van der Waals surface area contributed by atoms with Crippen LogP contribution in [0.5, 0.6) is 0 Å². The van der Waals surface area contributed by atoms with Crippen LogP contribution in [0.25, 0.3) is 27.0 Å². The average Bonchev–Trinajstić information content (AvgIpc) is 3.38. The SMILES string of the molecule is CNC(=O)N1CCC(=NC2CCN(C(C)=O)CC2)C(=C(N)c2cccc3cc(-c4cnc(C)s4)ncc23)C1. The van der Waals surface area contributed by atoms with E-state index in [1.54, 1.807) is 30.2 Å². The van der Waals surface area contributed by atoms with E-state index in [2.05, 4.69) is 22.4 Å². The van der Waals surface area contributed by atoms with Crippen molar-refractivity contribution in [2.45, 2.75) is 39.2 Å². The Hall–Kier alpha value is -3.79. The lowest BCUT2D eigenvalue weighted by Crippen LogP contribution is -2.45. The maximum atomic E-state index is 12.5. The van der Waals surface area contributed by atoms with Crippen LogP contribution < -0.4 is 11.1 Å². The first-order chi connectivity index (χ1) is 18.3. The highest BCUT2D eigenvalue weighted by Gasteiger charge is 2.28. The van der Waals surface area contributed by atoms with E-state index < -0.39 is 0 Å². The molecule has 2 aliphatic heterocycles. The number of hydrogen-bond acceptors (Lipinski definition) is 7. The molecule has 2 aliphatic rings. The quantitative estimate of drug-likeness (QED) is 0.533. The van der Waals surface area contributed by atoms with Gasteiger partial charge in [-0.15, -0.1) is 11.3 Å². The molecule has 10 heteroatoms. The molecule has 38 heavy (non-hydrogen) atoms. The number of aryl methyl sites for hydroxylation is 1. The molecule has 0 spiro atoms. The first kappa shape index (κ1) is 25.8. The number of hydrogen-bond donors (Lipinski definition) is 2. The second-order valence-electron chi connectivity index (χ2n) is 9.77. The highest BCUT2D eigenvalue weighted by molar-refractivity contribution is 7.15. The number of nitrogens with two attached hydrogens (primary N) is 1. The van der Waals surface area contributed by atoms with Crippen LogP contribution in [0.3, 0.4) is 0 Å². The van der Waals surface area contributed by atoms with Crippen molar-refractivity contribution in [3.05, 3.63) is 52.8 Å². The number of likely N-dealkylation sites (tertiary alicyclic amines) is 2. The molecule has 2 saturated heterocycles. The summed E-state index contributed by atoms with van der Waals surface area (Å²) in [6.07, 6.45) is 6.01. The van der Waals surface area contributed by atoms with Crippen molar-refractivity contribution in [2.24, 2.45) is 10.7 Å². The molecular formula is C28H33N7O2S. The summed E-state index contributed by atoms with van der Waals surface area (Å²) < 4.78 is 0. The van der Waals surface area contributed by atoms with Gasteiger partial charge in [0.1, 0.15) is 0 Å². The Balaban J connectivity index is 1.53. The molecule has 3 aromatic rings. The smallest absolute Gasteiger partial charge is 0.317 e. The number of nitrogens with zero attached hydrogens (tertiary/aromatic N) is 5. The average molecular weight is 532 g/mol. The van der Waals surface area contributed by atoms with Crippen LogP contribution in [-0.2, 0) is 4.79 Å². The van der Waals surface area contributed by atoms with Gasteiger partial charge in [0.05, 0.1) is 28.2 Å². The van der Waals surface area contributed by atoms with Gasteiger partial charge in [0.2, 0.25) is 5.91 Å².